The molecule has 3 heterocycles. The first-order valence-electron chi connectivity index (χ1n) is 9.03. The molecule has 9 nitrogen and oxygen atoms in total. The third-order valence-electron chi connectivity index (χ3n) is 4.88. The van der Waals surface area contributed by atoms with Crippen molar-refractivity contribution in [2.45, 2.75) is 12.1 Å². The van der Waals surface area contributed by atoms with Gasteiger partial charge in [0.1, 0.15) is 17.1 Å². The van der Waals surface area contributed by atoms with E-state index in [0.29, 0.717) is 47.3 Å². The first kappa shape index (κ1) is 20.7. The van der Waals surface area contributed by atoms with Gasteiger partial charge in [0.2, 0.25) is 5.95 Å². The number of nitrogens with two attached hydrogens (primary N) is 1. The molecule has 0 amide bonds. The second-order valence-electron chi connectivity index (χ2n) is 6.75. The lowest BCUT2D eigenvalue weighted by Gasteiger charge is -2.16. The summed E-state index contributed by atoms with van der Waals surface area (Å²) in [6, 6.07) is 2.92. The van der Waals surface area contributed by atoms with E-state index in [-0.39, 0.29) is 27.7 Å². The van der Waals surface area contributed by atoms with Gasteiger partial charge in [-0.2, -0.15) is 4.98 Å². The highest BCUT2D eigenvalue weighted by molar-refractivity contribution is 6.41. The summed E-state index contributed by atoms with van der Waals surface area (Å²) in [5, 5.41) is 4.11. The van der Waals surface area contributed by atoms with Crippen LogP contribution in [-0.4, -0.2) is 54.5 Å². The number of nitrogens with one attached hydrogen (secondary N) is 2. The number of rotatable bonds is 5. The highest BCUT2D eigenvalue weighted by Gasteiger charge is 2.26. The maximum absolute atomic E-state index is 12.9. The number of halogens is 2. The van der Waals surface area contributed by atoms with Crippen LogP contribution >= 0.6 is 23.2 Å². The fourth-order valence-electron chi connectivity index (χ4n) is 3.26. The van der Waals surface area contributed by atoms with Crippen LogP contribution in [0.5, 0.6) is 11.5 Å². The van der Waals surface area contributed by atoms with E-state index < -0.39 is 5.56 Å². The maximum atomic E-state index is 12.9. The quantitative estimate of drug-likeness (QED) is 0.539. The zero-order chi connectivity index (χ0) is 21.4. The summed E-state index contributed by atoms with van der Waals surface area (Å²) in [6.07, 6.45) is 1.59. The summed E-state index contributed by atoms with van der Waals surface area (Å²) in [5.74, 6) is 1.01. The molecule has 0 spiro atoms. The van der Waals surface area contributed by atoms with Crippen LogP contribution in [0, 0.1) is 0 Å². The molecule has 1 aliphatic rings. The van der Waals surface area contributed by atoms with E-state index in [0.717, 1.165) is 0 Å². The van der Waals surface area contributed by atoms with Crippen LogP contribution < -0.4 is 26.1 Å². The highest BCUT2D eigenvalue weighted by atomic mass is 35.5. The molecule has 11 heteroatoms. The van der Waals surface area contributed by atoms with E-state index in [2.05, 4.69) is 20.3 Å². The summed E-state index contributed by atoms with van der Waals surface area (Å²) in [6.45, 7) is 0.934. The number of hydrogen-bond donors (Lipinski definition) is 3. The lowest BCUT2D eigenvalue weighted by Crippen LogP contribution is -2.39. The number of methoxy groups -OCH3 is 2. The molecule has 0 bridgehead atoms. The van der Waals surface area contributed by atoms with Crippen LogP contribution in [-0.2, 0) is 4.74 Å². The number of aromatic nitrogens is 3. The molecule has 30 heavy (non-hydrogen) atoms. The van der Waals surface area contributed by atoms with E-state index in [1.807, 2.05) is 0 Å². The van der Waals surface area contributed by atoms with Crippen molar-refractivity contribution in [2.24, 2.45) is 5.73 Å². The average Bonchev–Trinajstić information content (AvgIpc) is 3.13. The maximum Gasteiger partial charge on any atom is 0.257 e. The zero-order valence-electron chi connectivity index (χ0n) is 16.2. The Morgan fingerprint density at radius 1 is 1.20 bits per heavy atom. The number of hydrogen-bond acceptors (Lipinski definition) is 8. The number of H-pyrrole nitrogens is 1. The molecule has 2 atom stereocenters. The van der Waals surface area contributed by atoms with Gasteiger partial charge in [-0.25, -0.2) is 4.98 Å². The van der Waals surface area contributed by atoms with Crippen molar-refractivity contribution in [3.05, 3.63) is 38.7 Å². The van der Waals surface area contributed by atoms with Crippen LogP contribution in [0.25, 0.3) is 22.2 Å². The Morgan fingerprint density at radius 3 is 2.50 bits per heavy atom. The van der Waals surface area contributed by atoms with Crippen molar-refractivity contribution in [1.29, 1.82) is 0 Å². The van der Waals surface area contributed by atoms with Crippen LogP contribution in [0.3, 0.4) is 0 Å². The lowest BCUT2D eigenvalue weighted by molar-refractivity contribution is 0.192. The molecule has 4 N–H and O–H groups in total. The number of nitrogens with zero attached hydrogens (tertiary/aromatic N) is 2. The smallest absolute Gasteiger partial charge is 0.257 e. The summed E-state index contributed by atoms with van der Waals surface area (Å²) >= 11 is 12.9. The SMILES string of the molecule is COc1cc(OC)c(Cl)c(-c2cc3cnc(NC4COCC4N)nc3[nH]c2=O)c1Cl. The van der Waals surface area contributed by atoms with Crippen molar-refractivity contribution < 1.29 is 14.2 Å². The summed E-state index contributed by atoms with van der Waals surface area (Å²) < 4.78 is 15.9. The molecule has 3 aromatic rings. The molecule has 1 aliphatic heterocycles. The van der Waals surface area contributed by atoms with Crippen molar-refractivity contribution in [1.82, 2.24) is 15.0 Å². The minimum absolute atomic E-state index is 0.102. The highest BCUT2D eigenvalue weighted by Crippen LogP contribution is 2.45. The second kappa shape index (κ2) is 8.27. The Labute approximate surface area is 181 Å². The van der Waals surface area contributed by atoms with Gasteiger partial charge >= 0.3 is 0 Å². The van der Waals surface area contributed by atoms with Crippen molar-refractivity contribution >= 4 is 40.2 Å². The topological polar surface area (TPSA) is 124 Å². The van der Waals surface area contributed by atoms with Gasteiger partial charge in [-0.05, 0) is 6.07 Å². The van der Waals surface area contributed by atoms with Crippen LogP contribution in [0.2, 0.25) is 10.0 Å². The van der Waals surface area contributed by atoms with Gasteiger partial charge in [0.25, 0.3) is 5.56 Å². The number of pyridine rings is 1. The number of fused-ring (bicyclic) bond motifs is 1. The standard InChI is InChI=1S/C19H19Cl2N5O4/c1-28-12-4-13(29-2)16(21)14(15(12)20)9-3-8-5-23-19(26-17(8)25-18(9)27)24-11-7-30-6-10(11)22/h3-5,10-11H,6-7,22H2,1-2H3,(H2,23,24,25,26,27). The zero-order valence-corrected chi connectivity index (χ0v) is 17.7. The Morgan fingerprint density at radius 2 is 1.90 bits per heavy atom. The first-order valence-corrected chi connectivity index (χ1v) is 9.78. The van der Waals surface area contributed by atoms with Gasteiger partial charge in [-0.15, -0.1) is 0 Å². The normalized spacial score (nSPS) is 18.6. The molecule has 4 rings (SSSR count). The van der Waals surface area contributed by atoms with Crippen LogP contribution in [0.15, 0.2) is 23.1 Å². The molecule has 1 saturated heterocycles. The number of ether oxygens (including phenoxy) is 3. The average molecular weight is 452 g/mol. The van der Waals surface area contributed by atoms with Gasteiger partial charge in [0, 0.05) is 23.2 Å². The molecule has 2 aromatic heterocycles. The third-order valence-corrected chi connectivity index (χ3v) is 5.63. The summed E-state index contributed by atoms with van der Waals surface area (Å²) in [4.78, 5) is 24.3. The molecule has 0 saturated carbocycles. The van der Waals surface area contributed by atoms with Crippen LogP contribution in [0.1, 0.15) is 0 Å². The lowest BCUT2D eigenvalue weighted by atomic mass is 10.0. The van der Waals surface area contributed by atoms with E-state index >= 15 is 0 Å². The second-order valence-corrected chi connectivity index (χ2v) is 7.50. The molecule has 2 unspecified atom stereocenters. The van der Waals surface area contributed by atoms with E-state index in [1.54, 1.807) is 18.3 Å². The van der Waals surface area contributed by atoms with Gasteiger partial charge in [0.15, 0.2) is 0 Å². The predicted octanol–water partition coefficient (Wildman–Crippen LogP) is 2.45. The summed E-state index contributed by atoms with van der Waals surface area (Å²) in [5.41, 5.74) is 6.45. The third kappa shape index (κ3) is 3.65. The monoisotopic (exact) mass is 451 g/mol. The number of benzene rings is 1. The molecule has 0 radical (unpaired) electrons. The Hall–Kier alpha value is -2.59. The Kier molecular flexibility index (Phi) is 5.70. The van der Waals surface area contributed by atoms with Gasteiger partial charge in [0.05, 0.1) is 55.1 Å². The minimum atomic E-state index is -0.424. The van der Waals surface area contributed by atoms with Crippen LogP contribution in [0.4, 0.5) is 5.95 Å². The molecular weight excluding hydrogens is 433 g/mol. The molecule has 0 aliphatic carbocycles. The van der Waals surface area contributed by atoms with E-state index in [9.17, 15) is 4.79 Å². The van der Waals surface area contributed by atoms with Crippen molar-refractivity contribution in [2.75, 3.05) is 32.8 Å². The van der Waals surface area contributed by atoms with Crippen molar-refractivity contribution in [3.63, 3.8) is 0 Å². The first-order chi connectivity index (χ1) is 14.4. The fraction of sp³-hybridized carbons (Fsp3) is 0.316. The molecule has 1 aromatic carbocycles. The van der Waals surface area contributed by atoms with Crippen molar-refractivity contribution in [3.8, 4) is 22.6 Å². The minimum Gasteiger partial charge on any atom is -0.495 e. The Bertz CT molecular complexity index is 1140. The molecule has 158 valence electrons. The largest absolute Gasteiger partial charge is 0.495 e. The fourth-order valence-corrected chi connectivity index (χ4v) is 3.96. The predicted molar refractivity (Wildman–Crippen MR) is 115 cm³/mol. The van der Waals surface area contributed by atoms with Gasteiger partial charge in [-0.1, -0.05) is 23.2 Å². The Balaban J connectivity index is 1.79. The van der Waals surface area contributed by atoms with E-state index in [1.165, 1.54) is 14.2 Å². The molecule has 1 fully saturated rings. The number of anilines is 1. The van der Waals surface area contributed by atoms with E-state index in [4.69, 9.17) is 43.1 Å². The number of aromatic amines is 1. The van der Waals surface area contributed by atoms with Gasteiger partial charge < -0.3 is 30.2 Å². The molecular formula is C19H19Cl2N5O4. The van der Waals surface area contributed by atoms with Gasteiger partial charge in [-0.3, -0.25) is 4.79 Å². The summed E-state index contributed by atoms with van der Waals surface area (Å²) in [7, 11) is 2.93.